The van der Waals surface area contributed by atoms with Crippen molar-refractivity contribution in [3.8, 4) is 27.9 Å². The van der Waals surface area contributed by atoms with Gasteiger partial charge in [-0.1, -0.05) is 73.7 Å². The summed E-state index contributed by atoms with van der Waals surface area (Å²) in [5, 5.41) is 4.32. The highest BCUT2D eigenvalue weighted by molar-refractivity contribution is 7.92. The minimum atomic E-state index is -3.76. The van der Waals surface area contributed by atoms with Crippen molar-refractivity contribution in [2.24, 2.45) is 0 Å². The van der Waals surface area contributed by atoms with Crippen molar-refractivity contribution in [2.45, 2.75) is 23.1 Å². The van der Waals surface area contributed by atoms with Crippen LogP contribution < -0.4 is 0 Å². The third kappa shape index (κ3) is 3.05. The smallest absolute Gasteiger partial charge is 0.210 e. The van der Waals surface area contributed by atoms with Crippen molar-refractivity contribution in [3.05, 3.63) is 115 Å². The second-order valence-electron chi connectivity index (χ2n) is 10.1. The molecule has 0 fully saturated rings. The number of rotatable bonds is 3. The van der Waals surface area contributed by atoms with Gasteiger partial charge in [0.2, 0.25) is 9.84 Å². The van der Waals surface area contributed by atoms with Crippen LogP contribution >= 0.6 is 0 Å². The van der Waals surface area contributed by atoms with Crippen LogP contribution in [-0.4, -0.2) is 23.0 Å². The fraction of sp³-hybridized carbons (Fsp3) is 0.0588. The van der Waals surface area contributed by atoms with Crippen LogP contribution in [0.2, 0.25) is 0 Å². The van der Waals surface area contributed by atoms with Crippen LogP contribution in [0.25, 0.3) is 60.5 Å². The summed E-state index contributed by atoms with van der Waals surface area (Å²) < 4.78 is 30.2. The van der Waals surface area contributed by atoms with Crippen molar-refractivity contribution >= 4 is 42.4 Å². The van der Waals surface area contributed by atoms with Gasteiger partial charge >= 0.3 is 0 Å². The van der Waals surface area contributed by atoms with Gasteiger partial charge in [-0.15, -0.1) is 0 Å². The predicted octanol–water partition coefficient (Wildman–Crippen LogP) is 7.77. The predicted molar refractivity (Wildman–Crippen MR) is 160 cm³/mol. The lowest BCUT2D eigenvalue weighted by Gasteiger charge is -2.22. The zero-order valence-electron chi connectivity index (χ0n) is 21.7. The number of benzene rings is 5. The third-order valence-electron chi connectivity index (χ3n) is 7.98. The summed E-state index contributed by atoms with van der Waals surface area (Å²) in [6, 6.07) is 31.9. The van der Waals surface area contributed by atoms with Crippen molar-refractivity contribution in [1.29, 1.82) is 0 Å². The molecule has 0 spiro atoms. The van der Waals surface area contributed by atoms with Gasteiger partial charge in [0.05, 0.1) is 26.5 Å². The lowest BCUT2D eigenvalue weighted by molar-refractivity contribution is 0.594. The first-order valence-electron chi connectivity index (χ1n) is 13.3. The number of imidazole rings is 1. The highest BCUT2D eigenvalue weighted by atomic mass is 32.2. The summed E-state index contributed by atoms with van der Waals surface area (Å²) in [5.74, 6) is 0.850. The molecule has 7 aromatic rings. The molecule has 1 aliphatic rings. The number of aryl methyl sites for hydroxylation is 1. The Hall–Kier alpha value is -4.81. The van der Waals surface area contributed by atoms with Crippen LogP contribution in [0.3, 0.4) is 0 Å². The average Bonchev–Trinajstić information content (AvgIpc) is 3.38. The Balaban J connectivity index is 1.48. The molecule has 192 valence electrons. The first kappa shape index (κ1) is 23.1. The number of hydrogen-bond acceptors (Lipinski definition) is 4. The molecule has 1 aliphatic heterocycles. The maximum absolute atomic E-state index is 14.1. The standard InChI is InChI=1S/C34H23N3O2S/c1-2-31-36-27-14-7-15-29-34(27)37(31)28-17-16-21(19-30(28)40(29,38)39)32-23-10-3-5-12-25(23)33(22-9-8-18-35-20-22)26-13-6-4-11-24(26)32/h3-20H,2H2,1H3. The average molecular weight is 538 g/mol. The molecular formula is C34H23N3O2S. The summed E-state index contributed by atoms with van der Waals surface area (Å²) >= 11 is 0. The lowest BCUT2D eigenvalue weighted by Crippen LogP contribution is -2.16. The maximum Gasteiger partial charge on any atom is 0.210 e. The molecule has 5 nitrogen and oxygen atoms in total. The summed E-state index contributed by atoms with van der Waals surface area (Å²) in [4.78, 5) is 9.77. The molecule has 0 radical (unpaired) electrons. The van der Waals surface area contributed by atoms with Gasteiger partial charge in [-0.2, -0.15) is 0 Å². The Morgan fingerprint density at radius 3 is 2.00 bits per heavy atom. The Bertz CT molecular complexity index is 2210. The highest BCUT2D eigenvalue weighted by Crippen LogP contribution is 2.46. The number of aromatic nitrogens is 3. The molecular weight excluding hydrogens is 514 g/mol. The van der Waals surface area contributed by atoms with Crippen molar-refractivity contribution in [2.75, 3.05) is 0 Å². The third-order valence-corrected chi connectivity index (χ3v) is 9.79. The minimum absolute atomic E-state index is 0.308. The van der Waals surface area contributed by atoms with Gasteiger partial charge in [-0.25, -0.2) is 13.4 Å². The molecule has 2 aromatic heterocycles. The molecule has 3 heterocycles. The molecule has 40 heavy (non-hydrogen) atoms. The number of fused-ring (bicyclic) bond motifs is 4. The van der Waals surface area contributed by atoms with Crippen molar-refractivity contribution < 1.29 is 8.42 Å². The molecule has 6 heteroatoms. The van der Waals surface area contributed by atoms with E-state index in [1.54, 1.807) is 18.3 Å². The van der Waals surface area contributed by atoms with Crippen LogP contribution in [0.5, 0.6) is 0 Å². The molecule has 0 saturated carbocycles. The topological polar surface area (TPSA) is 64.8 Å². The molecule has 0 atom stereocenters. The van der Waals surface area contributed by atoms with E-state index in [9.17, 15) is 8.42 Å². The van der Waals surface area contributed by atoms with Crippen molar-refractivity contribution in [1.82, 2.24) is 14.5 Å². The zero-order valence-corrected chi connectivity index (χ0v) is 22.5. The fourth-order valence-electron chi connectivity index (χ4n) is 6.31. The fourth-order valence-corrected chi connectivity index (χ4v) is 7.97. The molecule has 0 amide bonds. The van der Waals surface area contributed by atoms with E-state index in [1.807, 2.05) is 72.3 Å². The molecule has 8 rings (SSSR count). The second-order valence-corrected chi connectivity index (χ2v) is 12.0. The van der Waals surface area contributed by atoms with Crippen LogP contribution in [0.1, 0.15) is 12.7 Å². The summed E-state index contributed by atoms with van der Waals surface area (Å²) in [5.41, 5.74) is 6.07. The van der Waals surface area contributed by atoms with Gasteiger partial charge in [0.15, 0.2) is 0 Å². The first-order chi connectivity index (χ1) is 19.6. The number of hydrogen-bond donors (Lipinski definition) is 0. The quantitative estimate of drug-likeness (QED) is 0.216. The van der Waals surface area contributed by atoms with Gasteiger partial charge in [0.25, 0.3) is 0 Å². The van der Waals surface area contributed by atoms with E-state index in [-0.39, 0.29) is 0 Å². The Labute approximate surface area is 231 Å². The van der Waals surface area contributed by atoms with Crippen LogP contribution in [0.4, 0.5) is 0 Å². The normalized spacial score (nSPS) is 13.6. The van der Waals surface area contributed by atoms with E-state index in [0.717, 1.165) is 49.6 Å². The van der Waals surface area contributed by atoms with Gasteiger partial charge in [-0.05, 0) is 68.6 Å². The van der Waals surface area contributed by atoms with E-state index in [2.05, 4.69) is 35.3 Å². The van der Waals surface area contributed by atoms with Gasteiger partial charge in [0.1, 0.15) is 5.82 Å². The Kier molecular flexibility index (Phi) is 4.82. The van der Waals surface area contributed by atoms with E-state index in [1.165, 1.54) is 0 Å². The molecule has 0 saturated heterocycles. The summed E-state index contributed by atoms with van der Waals surface area (Å²) in [6.07, 6.45) is 4.38. The highest BCUT2D eigenvalue weighted by Gasteiger charge is 2.33. The number of nitrogens with zero attached hydrogens (tertiary/aromatic N) is 3. The zero-order chi connectivity index (χ0) is 27.0. The largest absolute Gasteiger partial charge is 0.294 e. The van der Waals surface area contributed by atoms with E-state index in [0.29, 0.717) is 32.9 Å². The van der Waals surface area contributed by atoms with E-state index in [4.69, 9.17) is 4.98 Å². The Morgan fingerprint density at radius 1 is 0.700 bits per heavy atom. The molecule has 5 aromatic carbocycles. The Morgan fingerprint density at radius 2 is 1.38 bits per heavy atom. The van der Waals surface area contributed by atoms with Crippen LogP contribution in [0.15, 0.2) is 119 Å². The summed E-state index contributed by atoms with van der Waals surface area (Å²) in [7, 11) is -3.76. The SMILES string of the molecule is CCc1nc2cccc3c2n1-c1ccc(-c2c4ccccc4c(-c4cccnc4)c4ccccc24)cc1S3(=O)=O. The second kappa shape index (κ2) is 8.34. The van der Waals surface area contributed by atoms with Crippen LogP contribution in [-0.2, 0) is 16.3 Å². The van der Waals surface area contributed by atoms with Gasteiger partial charge < -0.3 is 0 Å². The number of pyridine rings is 1. The number of sulfone groups is 1. The molecule has 0 unspecified atom stereocenters. The van der Waals surface area contributed by atoms with Crippen LogP contribution in [0, 0.1) is 0 Å². The first-order valence-corrected chi connectivity index (χ1v) is 14.8. The maximum atomic E-state index is 14.1. The summed E-state index contributed by atoms with van der Waals surface area (Å²) in [6.45, 7) is 2.05. The van der Waals surface area contributed by atoms with E-state index < -0.39 is 9.84 Å². The molecule has 0 aliphatic carbocycles. The van der Waals surface area contributed by atoms with Crippen molar-refractivity contribution in [3.63, 3.8) is 0 Å². The molecule has 0 N–H and O–H groups in total. The molecule has 0 bridgehead atoms. The van der Waals surface area contributed by atoms with Gasteiger partial charge in [-0.3, -0.25) is 9.55 Å². The number of para-hydroxylation sites is 1. The minimum Gasteiger partial charge on any atom is -0.294 e. The van der Waals surface area contributed by atoms with E-state index >= 15 is 0 Å². The lowest BCUT2D eigenvalue weighted by atomic mass is 9.86. The monoisotopic (exact) mass is 537 g/mol. The van der Waals surface area contributed by atoms with Gasteiger partial charge in [0, 0.05) is 24.4 Å².